The van der Waals surface area contributed by atoms with Gasteiger partial charge in [0.1, 0.15) is 0 Å². The zero-order valence-electron chi connectivity index (χ0n) is 12.1. The van der Waals surface area contributed by atoms with Crippen molar-refractivity contribution in [2.75, 3.05) is 0 Å². The second-order valence-corrected chi connectivity index (χ2v) is 5.99. The number of nitrogens with one attached hydrogen (secondary N) is 1. The van der Waals surface area contributed by atoms with Gasteiger partial charge in [-0.2, -0.15) is 0 Å². The summed E-state index contributed by atoms with van der Waals surface area (Å²) in [6.07, 6.45) is 7.12. The van der Waals surface area contributed by atoms with E-state index in [1.165, 1.54) is 43.2 Å². The van der Waals surface area contributed by atoms with E-state index < -0.39 is 0 Å². The first-order valence-corrected chi connectivity index (χ1v) is 7.49. The first-order chi connectivity index (χ1) is 8.66. The summed E-state index contributed by atoms with van der Waals surface area (Å²) in [7, 11) is 0. The molecule has 18 heavy (non-hydrogen) atoms. The molecule has 0 radical (unpaired) electrons. The van der Waals surface area contributed by atoms with Crippen molar-refractivity contribution in [3.8, 4) is 0 Å². The Balaban J connectivity index is 1.91. The molecule has 1 unspecified atom stereocenters. The molecular formula is C17H27N. The summed E-state index contributed by atoms with van der Waals surface area (Å²) in [4.78, 5) is 0. The third kappa shape index (κ3) is 3.58. The maximum absolute atomic E-state index is 3.79. The van der Waals surface area contributed by atoms with Gasteiger partial charge in [-0.3, -0.25) is 0 Å². The third-order valence-electron chi connectivity index (χ3n) is 4.41. The lowest BCUT2D eigenvalue weighted by molar-refractivity contribution is 0.268. The Hall–Kier alpha value is -0.820. The van der Waals surface area contributed by atoms with Crippen molar-refractivity contribution in [2.45, 2.75) is 65.0 Å². The molecule has 0 bridgehead atoms. The maximum atomic E-state index is 3.79. The molecule has 0 heterocycles. The highest BCUT2D eigenvalue weighted by Crippen LogP contribution is 2.27. The van der Waals surface area contributed by atoms with Crippen LogP contribution in [-0.4, -0.2) is 6.04 Å². The fourth-order valence-electron chi connectivity index (χ4n) is 3.20. The van der Waals surface area contributed by atoms with Crippen LogP contribution in [0.2, 0.25) is 0 Å². The van der Waals surface area contributed by atoms with E-state index >= 15 is 0 Å². The van der Waals surface area contributed by atoms with Gasteiger partial charge < -0.3 is 5.32 Å². The van der Waals surface area contributed by atoms with Crippen molar-refractivity contribution >= 4 is 0 Å². The molecule has 2 atom stereocenters. The first-order valence-electron chi connectivity index (χ1n) is 7.49. The normalized spacial score (nSPS) is 20.6. The zero-order chi connectivity index (χ0) is 13.0. The summed E-state index contributed by atoms with van der Waals surface area (Å²) in [5.41, 5.74) is 2.77. The van der Waals surface area contributed by atoms with Gasteiger partial charge in [0.2, 0.25) is 0 Å². The molecular weight excluding hydrogens is 218 g/mol. The Morgan fingerprint density at radius 3 is 2.50 bits per heavy atom. The van der Waals surface area contributed by atoms with Crippen molar-refractivity contribution in [1.29, 1.82) is 0 Å². The van der Waals surface area contributed by atoms with E-state index in [9.17, 15) is 0 Å². The third-order valence-corrected chi connectivity index (χ3v) is 4.41. The monoisotopic (exact) mass is 245 g/mol. The van der Waals surface area contributed by atoms with E-state index in [-0.39, 0.29) is 0 Å². The van der Waals surface area contributed by atoms with Crippen LogP contribution in [0.15, 0.2) is 24.3 Å². The fraction of sp³-hybridized carbons (Fsp3) is 0.647. The van der Waals surface area contributed by atoms with Gasteiger partial charge in [0, 0.05) is 12.1 Å². The quantitative estimate of drug-likeness (QED) is 0.816. The second-order valence-electron chi connectivity index (χ2n) is 5.99. The van der Waals surface area contributed by atoms with E-state index in [2.05, 4.69) is 50.4 Å². The predicted molar refractivity (Wildman–Crippen MR) is 78.8 cm³/mol. The number of benzene rings is 1. The molecule has 100 valence electrons. The molecule has 0 amide bonds. The lowest BCUT2D eigenvalue weighted by atomic mass is 9.84. The number of rotatable bonds is 4. The fourth-order valence-corrected chi connectivity index (χ4v) is 3.20. The molecule has 1 fully saturated rings. The largest absolute Gasteiger partial charge is 0.307 e. The van der Waals surface area contributed by atoms with Crippen LogP contribution in [0.25, 0.3) is 0 Å². The van der Waals surface area contributed by atoms with E-state index in [1.54, 1.807) is 0 Å². The van der Waals surface area contributed by atoms with Gasteiger partial charge in [-0.15, -0.1) is 0 Å². The lowest BCUT2D eigenvalue weighted by Gasteiger charge is -2.31. The highest BCUT2D eigenvalue weighted by Gasteiger charge is 2.21. The molecule has 0 spiro atoms. The topological polar surface area (TPSA) is 12.0 Å². The molecule has 1 saturated carbocycles. The summed E-state index contributed by atoms with van der Waals surface area (Å²) in [5, 5.41) is 3.79. The van der Waals surface area contributed by atoms with Crippen LogP contribution in [0, 0.1) is 12.8 Å². The minimum absolute atomic E-state index is 0.460. The summed E-state index contributed by atoms with van der Waals surface area (Å²) in [6, 6.07) is 9.96. The number of hydrogen-bond acceptors (Lipinski definition) is 1. The highest BCUT2D eigenvalue weighted by atomic mass is 14.9. The highest BCUT2D eigenvalue weighted by molar-refractivity contribution is 5.24. The van der Waals surface area contributed by atoms with Crippen molar-refractivity contribution in [3.05, 3.63) is 35.4 Å². The van der Waals surface area contributed by atoms with Crippen LogP contribution in [0.5, 0.6) is 0 Å². The molecule has 1 aromatic carbocycles. The molecule has 2 rings (SSSR count). The number of aryl methyl sites for hydroxylation is 1. The van der Waals surface area contributed by atoms with Crippen LogP contribution in [-0.2, 0) is 0 Å². The van der Waals surface area contributed by atoms with Crippen molar-refractivity contribution in [2.24, 2.45) is 5.92 Å². The molecule has 0 aromatic heterocycles. The van der Waals surface area contributed by atoms with Crippen LogP contribution in [0.4, 0.5) is 0 Å². The van der Waals surface area contributed by atoms with Gasteiger partial charge in [-0.1, -0.05) is 49.1 Å². The van der Waals surface area contributed by atoms with Crippen LogP contribution in [0.3, 0.4) is 0 Å². The summed E-state index contributed by atoms with van der Waals surface area (Å²) >= 11 is 0. The van der Waals surface area contributed by atoms with Gasteiger partial charge in [0.25, 0.3) is 0 Å². The minimum Gasteiger partial charge on any atom is -0.307 e. The first kappa shape index (κ1) is 13.6. The molecule has 1 nitrogen and oxygen atoms in total. The van der Waals surface area contributed by atoms with Crippen LogP contribution < -0.4 is 5.32 Å². The molecule has 1 heteroatoms. The molecule has 1 N–H and O–H groups in total. The maximum Gasteiger partial charge on any atom is 0.0294 e. The van der Waals surface area contributed by atoms with Crippen molar-refractivity contribution in [1.82, 2.24) is 5.32 Å². The van der Waals surface area contributed by atoms with E-state index in [0.29, 0.717) is 12.1 Å². The van der Waals surface area contributed by atoms with Gasteiger partial charge in [0.05, 0.1) is 0 Å². The Kier molecular flexibility index (Phi) is 4.82. The Bertz CT molecular complexity index is 366. The average molecular weight is 245 g/mol. The molecule has 0 saturated heterocycles. The van der Waals surface area contributed by atoms with Crippen LogP contribution in [0.1, 0.15) is 63.1 Å². The molecule has 0 aliphatic heterocycles. The molecule has 1 aliphatic rings. The van der Waals surface area contributed by atoms with Gasteiger partial charge in [0.15, 0.2) is 0 Å². The van der Waals surface area contributed by atoms with E-state index in [4.69, 9.17) is 0 Å². The van der Waals surface area contributed by atoms with Gasteiger partial charge in [-0.05, 0) is 45.1 Å². The van der Waals surface area contributed by atoms with E-state index in [1.807, 2.05) is 0 Å². The Morgan fingerprint density at radius 2 is 1.83 bits per heavy atom. The molecule has 1 aliphatic carbocycles. The van der Waals surface area contributed by atoms with Crippen molar-refractivity contribution < 1.29 is 0 Å². The smallest absolute Gasteiger partial charge is 0.0294 e. The predicted octanol–water partition coefficient (Wildman–Crippen LogP) is 4.61. The Morgan fingerprint density at radius 1 is 1.11 bits per heavy atom. The van der Waals surface area contributed by atoms with Gasteiger partial charge in [-0.25, -0.2) is 0 Å². The molecule has 1 aromatic rings. The average Bonchev–Trinajstić information content (AvgIpc) is 2.39. The lowest BCUT2D eigenvalue weighted by Crippen LogP contribution is -2.36. The minimum atomic E-state index is 0.460. The number of hydrogen-bond donors (Lipinski definition) is 1. The van der Waals surface area contributed by atoms with Crippen molar-refractivity contribution in [3.63, 3.8) is 0 Å². The SMILES string of the molecule is Cc1cccc(C(C)N[C@H](C)C2CCCCC2)c1. The van der Waals surface area contributed by atoms with Crippen LogP contribution >= 0.6 is 0 Å². The zero-order valence-corrected chi connectivity index (χ0v) is 12.1. The summed E-state index contributed by atoms with van der Waals surface area (Å²) < 4.78 is 0. The summed E-state index contributed by atoms with van der Waals surface area (Å²) in [5.74, 6) is 0.881. The van der Waals surface area contributed by atoms with E-state index in [0.717, 1.165) is 5.92 Å². The standard InChI is InChI=1S/C17H27N/c1-13-8-7-11-17(12-13)15(3)18-14(2)16-9-5-4-6-10-16/h7-8,11-12,14-16,18H,4-6,9-10H2,1-3H3/t14-,15?/m1/s1. The van der Waals surface area contributed by atoms with Gasteiger partial charge >= 0.3 is 0 Å². The summed E-state index contributed by atoms with van der Waals surface area (Å²) in [6.45, 7) is 6.82. The Labute approximate surface area is 112 Å². The second kappa shape index (κ2) is 6.38.